The fourth-order valence-electron chi connectivity index (χ4n) is 2.22. The van der Waals surface area contributed by atoms with Gasteiger partial charge in [0, 0.05) is 10.0 Å². The summed E-state index contributed by atoms with van der Waals surface area (Å²) >= 11 is 4.05. The van der Waals surface area contributed by atoms with Gasteiger partial charge in [0.25, 0.3) is 11.1 Å². The van der Waals surface area contributed by atoms with E-state index in [9.17, 15) is 18.8 Å². The first-order valence-electron chi connectivity index (χ1n) is 7.24. The normalized spacial score (nSPS) is 15.9. The minimum atomic E-state index is -0.523. The molecule has 1 saturated heterocycles. The van der Waals surface area contributed by atoms with Crippen LogP contribution in [0.4, 0.5) is 9.18 Å². The van der Waals surface area contributed by atoms with E-state index in [0.717, 1.165) is 21.1 Å². The topological polar surface area (TPSA) is 54.5 Å². The minimum absolute atomic E-state index is 0.209. The molecule has 0 aromatic heterocycles. The summed E-state index contributed by atoms with van der Waals surface area (Å²) in [6, 6.07) is 12.2. The summed E-state index contributed by atoms with van der Waals surface area (Å²) in [5.74, 6) is -1.23. The van der Waals surface area contributed by atoms with E-state index < -0.39 is 11.1 Å². The average molecular weight is 420 g/mol. The Morgan fingerprint density at radius 2 is 1.72 bits per heavy atom. The number of halogens is 2. The molecule has 0 N–H and O–H groups in total. The molecule has 0 unspecified atom stereocenters. The zero-order chi connectivity index (χ0) is 18.0. The van der Waals surface area contributed by atoms with Crippen molar-refractivity contribution >= 4 is 50.7 Å². The van der Waals surface area contributed by atoms with Gasteiger partial charge in [-0.25, -0.2) is 4.39 Å². The van der Waals surface area contributed by atoms with Gasteiger partial charge in [-0.05, 0) is 47.7 Å². The summed E-state index contributed by atoms with van der Waals surface area (Å²) in [6.45, 7) is -0.312. The molecule has 2 aromatic carbocycles. The van der Waals surface area contributed by atoms with Crippen LogP contribution in [0, 0.1) is 5.82 Å². The minimum Gasteiger partial charge on any atom is -0.292 e. The molecule has 0 bridgehead atoms. The maximum Gasteiger partial charge on any atom is 0.293 e. The number of rotatable bonds is 4. The van der Waals surface area contributed by atoms with Gasteiger partial charge in [0.05, 0.1) is 11.4 Å². The second-order valence-electron chi connectivity index (χ2n) is 5.25. The molecule has 0 spiro atoms. The Kier molecular flexibility index (Phi) is 5.15. The third-order valence-electron chi connectivity index (χ3n) is 3.51. The van der Waals surface area contributed by atoms with Crippen LogP contribution < -0.4 is 0 Å². The molecule has 1 fully saturated rings. The lowest BCUT2D eigenvalue weighted by Crippen LogP contribution is -2.33. The lowest BCUT2D eigenvalue weighted by Gasteiger charge is -2.11. The standard InChI is InChI=1S/C18H11BrFNO3S/c19-13-5-3-12(4-6-13)15(22)10-21-17(23)16(25-18(21)24)9-11-1-7-14(20)8-2-11/h1-9H,10H2/b16-9-. The van der Waals surface area contributed by atoms with E-state index in [4.69, 9.17) is 0 Å². The van der Waals surface area contributed by atoms with Crippen LogP contribution in [0.5, 0.6) is 0 Å². The summed E-state index contributed by atoms with van der Waals surface area (Å²) in [4.78, 5) is 37.9. The van der Waals surface area contributed by atoms with Crippen molar-refractivity contribution in [3.63, 3.8) is 0 Å². The first-order valence-corrected chi connectivity index (χ1v) is 8.85. The summed E-state index contributed by atoms with van der Waals surface area (Å²) in [5, 5.41) is -0.496. The van der Waals surface area contributed by atoms with E-state index in [1.807, 2.05) is 0 Å². The van der Waals surface area contributed by atoms with Gasteiger partial charge in [-0.1, -0.05) is 40.2 Å². The molecule has 2 amide bonds. The molecule has 1 heterocycles. The molecule has 7 heteroatoms. The van der Waals surface area contributed by atoms with Crippen molar-refractivity contribution in [3.05, 3.63) is 74.9 Å². The van der Waals surface area contributed by atoms with Crippen LogP contribution in [0.1, 0.15) is 15.9 Å². The predicted molar refractivity (Wildman–Crippen MR) is 97.5 cm³/mol. The van der Waals surface area contributed by atoms with Crippen LogP contribution in [0.3, 0.4) is 0 Å². The number of hydrogen-bond donors (Lipinski definition) is 0. The van der Waals surface area contributed by atoms with Crippen molar-refractivity contribution in [1.82, 2.24) is 4.90 Å². The average Bonchev–Trinajstić information content (AvgIpc) is 2.85. The molecule has 4 nitrogen and oxygen atoms in total. The molecule has 0 saturated carbocycles. The van der Waals surface area contributed by atoms with Gasteiger partial charge in [0.2, 0.25) is 0 Å². The fourth-order valence-corrected chi connectivity index (χ4v) is 3.32. The summed E-state index contributed by atoms with van der Waals surface area (Å²) < 4.78 is 13.8. The third-order valence-corrected chi connectivity index (χ3v) is 4.95. The molecule has 1 aliphatic rings. The lowest BCUT2D eigenvalue weighted by molar-refractivity contribution is -0.122. The number of hydrogen-bond acceptors (Lipinski definition) is 4. The van der Waals surface area contributed by atoms with Crippen molar-refractivity contribution in [1.29, 1.82) is 0 Å². The molecule has 0 aliphatic carbocycles. The Morgan fingerprint density at radius 3 is 2.36 bits per heavy atom. The molecule has 0 radical (unpaired) electrons. The fraction of sp³-hybridized carbons (Fsp3) is 0.0556. The second-order valence-corrected chi connectivity index (χ2v) is 7.16. The van der Waals surface area contributed by atoms with Crippen molar-refractivity contribution in [3.8, 4) is 0 Å². The molecule has 0 atom stereocenters. The third kappa shape index (κ3) is 4.05. The van der Waals surface area contributed by atoms with Gasteiger partial charge < -0.3 is 0 Å². The first-order chi connectivity index (χ1) is 11.9. The number of thioether (sulfide) groups is 1. The van der Waals surface area contributed by atoms with Crippen molar-refractivity contribution in [2.75, 3.05) is 6.54 Å². The highest BCUT2D eigenvalue weighted by atomic mass is 79.9. The molecule has 126 valence electrons. The van der Waals surface area contributed by atoms with E-state index in [0.29, 0.717) is 11.1 Å². The van der Waals surface area contributed by atoms with Crippen LogP contribution in [0.25, 0.3) is 6.08 Å². The highest BCUT2D eigenvalue weighted by Crippen LogP contribution is 2.32. The van der Waals surface area contributed by atoms with Crippen molar-refractivity contribution in [2.45, 2.75) is 0 Å². The Morgan fingerprint density at radius 1 is 1.08 bits per heavy atom. The highest BCUT2D eigenvalue weighted by Gasteiger charge is 2.36. The van der Waals surface area contributed by atoms with Crippen LogP contribution >= 0.6 is 27.7 Å². The number of Topliss-reactive ketones (excluding diaryl/α,β-unsaturated/α-hetero) is 1. The first kappa shape index (κ1) is 17.6. The maximum atomic E-state index is 12.9. The number of benzene rings is 2. The molecule has 1 aliphatic heterocycles. The number of amides is 2. The smallest absolute Gasteiger partial charge is 0.292 e. The predicted octanol–water partition coefficient (Wildman–Crippen LogP) is 4.51. The highest BCUT2D eigenvalue weighted by molar-refractivity contribution is 9.10. The van der Waals surface area contributed by atoms with Crippen LogP contribution in [0.2, 0.25) is 0 Å². The van der Waals surface area contributed by atoms with Gasteiger partial charge >= 0.3 is 0 Å². The number of carbonyl (C=O) groups excluding carboxylic acids is 3. The summed E-state index contributed by atoms with van der Waals surface area (Å²) in [7, 11) is 0. The van der Waals surface area contributed by atoms with Gasteiger partial charge in [-0.3, -0.25) is 19.3 Å². The summed E-state index contributed by atoms with van der Waals surface area (Å²) in [6.07, 6.45) is 1.51. The van der Waals surface area contributed by atoms with Gasteiger partial charge in [-0.15, -0.1) is 0 Å². The van der Waals surface area contributed by atoms with Crippen molar-refractivity contribution in [2.24, 2.45) is 0 Å². The lowest BCUT2D eigenvalue weighted by atomic mass is 10.1. The largest absolute Gasteiger partial charge is 0.293 e. The molecular weight excluding hydrogens is 409 g/mol. The summed E-state index contributed by atoms with van der Waals surface area (Å²) in [5.41, 5.74) is 1.02. The molecule has 2 aromatic rings. The Hall–Kier alpha value is -2.25. The quantitative estimate of drug-likeness (QED) is 0.540. The van der Waals surface area contributed by atoms with E-state index in [-0.39, 0.29) is 23.1 Å². The van der Waals surface area contributed by atoms with Crippen LogP contribution in [0.15, 0.2) is 57.9 Å². The Balaban J connectivity index is 1.76. The SMILES string of the molecule is O=C(CN1C(=O)S/C(=C\c2ccc(F)cc2)C1=O)c1ccc(Br)cc1. The monoisotopic (exact) mass is 419 g/mol. The van der Waals surface area contributed by atoms with E-state index >= 15 is 0 Å². The maximum absolute atomic E-state index is 12.9. The number of nitrogens with zero attached hydrogens (tertiary/aromatic N) is 1. The van der Waals surface area contributed by atoms with Crippen LogP contribution in [-0.2, 0) is 4.79 Å². The number of carbonyl (C=O) groups is 3. The molecule has 3 rings (SSSR count). The Bertz CT molecular complexity index is 878. The van der Waals surface area contributed by atoms with Gasteiger partial charge in [0.1, 0.15) is 5.82 Å². The van der Waals surface area contributed by atoms with Crippen LogP contribution in [-0.4, -0.2) is 28.4 Å². The zero-order valence-corrected chi connectivity index (χ0v) is 15.1. The Labute approximate surface area is 155 Å². The van der Waals surface area contributed by atoms with Gasteiger partial charge in [-0.2, -0.15) is 0 Å². The molecular formula is C18H11BrFNO3S. The van der Waals surface area contributed by atoms with E-state index in [2.05, 4.69) is 15.9 Å². The van der Waals surface area contributed by atoms with Gasteiger partial charge in [0.15, 0.2) is 5.78 Å². The van der Waals surface area contributed by atoms with E-state index in [1.54, 1.807) is 24.3 Å². The number of imide groups is 1. The zero-order valence-electron chi connectivity index (χ0n) is 12.7. The van der Waals surface area contributed by atoms with E-state index in [1.165, 1.54) is 30.3 Å². The number of ketones is 1. The second kappa shape index (κ2) is 7.33. The molecule has 25 heavy (non-hydrogen) atoms. The van der Waals surface area contributed by atoms with Crippen molar-refractivity contribution < 1.29 is 18.8 Å².